The van der Waals surface area contributed by atoms with E-state index in [0.29, 0.717) is 17.3 Å². The Morgan fingerprint density at radius 1 is 1.24 bits per heavy atom. The highest BCUT2D eigenvalue weighted by molar-refractivity contribution is 9.10. The highest BCUT2D eigenvalue weighted by atomic mass is 79.9. The number of anilines is 1. The molecule has 0 atom stereocenters. The molecule has 0 saturated heterocycles. The van der Waals surface area contributed by atoms with Crippen LogP contribution >= 0.6 is 15.9 Å². The molecule has 3 aromatic rings. The second-order valence-electron chi connectivity index (χ2n) is 5.13. The summed E-state index contributed by atoms with van der Waals surface area (Å²) in [5.41, 5.74) is 1.15. The maximum absolute atomic E-state index is 12.2. The van der Waals surface area contributed by atoms with Crippen LogP contribution in [-0.2, 0) is 0 Å². The summed E-state index contributed by atoms with van der Waals surface area (Å²) >= 11 is 3.38. The molecule has 0 saturated carbocycles. The molecule has 1 aromatic carbocycles. The smallest absolute Gasteiger partial charge is 0.276 e. The number of nitrogens with zero attached hydrogens (tertiary/aromatic N) is 2. The van der Waals surface area contributed by atoms with Gasteiger partial charge in [-0.2, -0.15) is 5.10 Å². The standard InChI is InChI=1S/C17H13BrN4O3/c1-10-4-5-11(20-16(24)13-6-7-15(23)22-21-13)9-14(10)25-17-12(18)3-2-8-19-17/h2-9H,1H3,(H,20,24)(H,22,23). The molecular weight excluding hydrogens is 388 g/mol. The number of amides is 1. The van der Waals surface area contributed by atoms with Crippen LogP contribution in [0.1, 0.15) is 16.1 Å². The predicted molar refractivity (Wildman–Crippen MR) is 96.0 cm³/mol. The lowest BCUT2D eigenvalue weighted by atomic mass is 10.2. The number of aromatic amines is 1. The fourth-order valence-electron chi connectivity index (χ4n) is 2.00. The van der Waals surface area contributed by atoms with E-state index >= 15 is 0 Å². The van der Waals surface area contributed by atoms with Gasteiger partial charge in [-0.05, 0) is 52.7 Å². The molecule has 3 rings (SSSR count). The number of carbonyl (C=O) groups excluding carboxylic acids is 1. The minimum atomic E-state index is -0.440. The fourth-order valence-corrected chi connectivity index (χ4v) is 2.34. The Kier molecular flexibility index (Phi) is 4.90. The van der Waals surface area contributed by atoms with E-state index < -0.39 is 5.91 Å². The van der Waals surface area contributed by atoms with Gasteiger partial charge in [0, 0.05) is 24.0 Å². The minimum absolute atomic E-state index is 0.107. The van der Waals surface area contributed by atoms with Crippen LogP contribution in [0.3, 0.4) is 0 Å². The summed E-state index contributed by atoms with van der Waals surface area (Å²) in [5.74, 6) is 0.549. The number of aromatic nitrogens is 3. The lowest BCUT2D eigenvalue weighted by Gasteiger charge is -2.11. The summed E-state index contributed by atoms with van der Waals surface area (Å²) in [6.07, 6.45) is 1.63. The van der Waals surface area contributed by atoms with Crippen molar-refractivity contribution in [3.63, 3.8) is 0 Å². The Bertz CT molecular complexity index is 967. The Labute approximate surface area is 151 Å². The van der Waals surface area contributed by atoms with Crippen molar-refractivity contribution in [3.05, 3.63) is 74.7 Å². The van der Waals surface area contributed by atoms with E-state index in [1.165, 1.54) is 12.1 Å². The van der Waals surface area contributed by atoms with Crippen molar-refractivity contribution >= 4 is 27.5 Å². The average Bonchev–Trinajstić information content (AvgIpc) is 2.60. The van der Waals surface area contributed by atoms with E-state index in [2.05, 4.69) is 36.4 Å². The molecule has 0 spiro atoms. The molecule has 2 aromatic heterocycles. The maximum atomic E-state index is 12.2. The van der Waals surface area contributed by atoms with Gasteiger partial charge in [-0.1, -0.05) is 6.07 Å². The molecule has 126 valence electrons. The molecule has 0 radical (unpaired) electrons. The molecule has 1 amide bonds. The number of rotatable bonds is 4. The van der Waals surface area contributed by atoms with Crippen LogP contribution in [0, 0.1) is 6.92 Å². The zero-order chi connectivity index (χ0) is 17.8. The van der Waals surface area contributed by atoms with Gasteiger partial charge in [0.05, 0.1) is 4.47 Å². The predicted octanol–water partition coefficient (Wildman–Crippen LogP) is 3.28. The number of halogens is 1. The number of aryl methyl sites for hydroxylation is 1. The number of nitrogens with one attached hydrogen (secondary N) is 2. The number of hydrogen-bond acceptors (Lipinski definition) is 5. The van der Waals surface area contributed by atoms with Crippen LogP contribution in [0.15, 0.2) is 57.9 Å². The number of benzene rings is 1. The van der Waals surface area contributed by atoms with Crippen molar-refractivity contribution in [3.8, 4) is 11.6 Å². The molecule has 0 fully saturated rings. The van der Waals surface area contributed by atoms with Gasteiger partial charge in [0.15, 0.2) is 0 Å². The normalized spacial score (nSPS) is 10.3. The van der Waals surface area contributed by atoms with E-state index in [-0.39, 0.29) is 11.3 Å². The van der Waals surface area contributed by atoms with E-state index in [9.17, 15) is 9.59 Å². The second-order valence-corrected chi connectivity index (χ2v) is 5.99. The highest BCUT2D eigenvalue weighted by Gasteiger charge is 2.11. The number of carbonyl (C=O) groups is 1. The summed E-state index contributed by atoms with van der Waals surface area (Å²) in [6.45, 7) is 1.89. The van der Waals surface area contributed by atoms with Gasteiger partial charge in [-0.3, -0.25) is 9.59 Å². The monoisotopic (exact) mass is 400 g/mol. The third-order valence-electron chi connectivity index (χ3n) is 3.29. The zero-order valence-electron chi connectivity index (χ0n) is 13.1. The van der Waals surface area contributed by atoms with Gasteiger partial charge in [-0.15, -0.1) is 0 Å². The van der Waals surface area contributed by atoms with Gasteiger partial charge in [0.2, 0.25) is 5.88 Å². The maximum Gasteiger partial charge on any atom is 0.276 e. The Balaban J connectivity index is 1.81. The summed E-state index contributed by atoms with van der Waals surface area (Å²) in [7, 11) is 0. The van der Waals surface area contributed by atoms with Crippen molar-refractivity contribution in [2.75, 3.05) is 5.32 Å². The first-order valence-corrected chi connectivity index (χ1v) is 8.08. The first-order valence-electron chi connectivity index (χ1n) is 7.29. The molecule has 8 heteroatoms. The second kappa shape index (κ2) is 7.27. The largest absolute Gasteiger partial charge is 0.438 e. The van der Waals surface area contributed by atoms with Crippen LogP contribution < -0.4 is 15.6 Å². The van der Waals surface area contributed by atoms with Crippen molar-refractivity contribution in [2.24, 2.45) is 0 Å². The SMILES string of the molecule is Cc1ccc(NC(=O)c2ccc(=O)[nH]n2)cc1Oc1ncccc1Br. The minimum Gasteiger partial charge on any atom is -0.438 e. The molecule has 0 aliphatic rings. The van der Waals surface area contributed by atoms with Crippen molar-refractivity contribution in [1.29, 1.82) is 0 Å². The van der Waals surface area contributed by atoms with Gasteiger partial charge >= 0.3 is 0 Å². The van der Waals surface area contributed by atoms with Crippen molar-refractivity contribution in [1.82, 2.24) is 15.2 Å². The third-order valence-corrected chi connectivity index (χ3v) is 3.89. The number of pyridine rings is 1. The number of ether oxygens (including phenoxy) is 1. The topological polar surface area (TPSA) is 97.0 Å². The van der Waals surface area contributed by atoms with Gasteiger partial charge < -0.3 is 10.1 Å². The van der Waals surface area contributed by atoms with Crippen molar-refractivity contribution < 1.29 is 9.53 Å². The summed E-state index contributed by atoms with van der Waals surface area (Å²) in [4.78, 5) is 27.3. The van der Waals surface area contributed by atoms with Gasteiger partial charge in [0.1, 0.15) is 11.4 Å². The molecule has 0 bridgehead atoms. The van der Waals surface area contributed by atoms with Crippen molar-refractivity contribution in [2.45, 2.75) is 6.92 Å². The van der Waals surface area contributed by atoms with Gasteiger partial charge in [0.25, 0.3) is 11.5 Å². The lowest BCUT2D eigenvalue weighted by molar-refractivity contribution is 0.102. The summed E-state index contributed by atoms with van der Waals surface area (Å²) < 4.78 is 6.53. The summed E-state index contributed by atoms with van der Waals surface area (Å²) in [6, 6.07) is 11.5. The fraction of sp³-hybridized carbons (Fsp3) is 0.0588. The van der Waals surface area contributed by atoms with Crippen LogP contribution in [0.25, 0.3) is 0 Å². The van der Waals surface area contributed by atoms with E-state index in [1.807, 2.05) is 19.1 Å². The lowest BCUT2D eigenvalue weighted by Crippen LogP contribution is -2.17. The molecule has 0 aliphatic carbocycles. The first kappa shape index (κ1) is 16.8. The molecule has 2 heterocycles. The Morgan fingerprint density at radius 3 is 2.80 bits per heavy atom. The number of H-pyrrole nitrogens is 1. The van der Waals surface area contributed by atoms with E-state index in [4.69, 9.17) is 4.74 Å². The van der Waals surface area contributed by atoms with Crippen LogP contribution in [0.4, 0.5) is 5.69 Å². The van der Waals surface area contributed by atoms with Crippen LogP contribution in [0.5, 0.6) is 11.6 Å². The van der Waals surface area contributed by atoms with Gasteiger partial charge in [-0.25, -0.2) is 10.1 Å². The Hall–Kier alpha value is -3.00. The van der Waals surface area contributed by atoms with E-state index in [1.54, 1.807) is 24.4 Å². The van der Waals surface area contributed by atoms with Crippen LogP contribution in [-0.4, -0.2) is 21.1 Å². The average molecular weight is 401 g/mol. The Morgan fingerprint density at radius 2 is 2.08 bits per heavy atom. The molecule has 0 aliphatic heterocycles. The van der Waals surface area contributed by atoms with E-state index in [0.717, 1.165) is 10.0 Å². The summed E-state index contributed by atoms with van der Waals surface area (Å²) in [5, 5.41) is 8.63. The molecule has 25 heavy (non-hydrogen) atoms. The molecule has 0 unspecified atom stereocenters. The quantitative estimate of drug-likeness (QED) is 0.700. The molecule has 7 nitrogen and oxygen atoms in total. The zero-order valence-corrected chi connectivity index (χ0v) is 14.7. The third kappa shape index (κ3) is 4.10. The molecular formula is C17H13BrN4O3. The highest BCUT2D eigenvalue weighted by Crippen LogP contribution is 2.31. The number of hydrogen-bond donors (Lipinski definition) is 2. The first-order chi connectivity index (χ1) is 12.0. The van der Waals surface area contributed by atoms with Crippen LogP contribution in [0.2, 0.25) is 0 Å². The molecule has 2 N–H and O–H groups in total.